The fourth-order valence-corrected chi connectivity index (χ4v) is 4.80. The highest BCUT2D eigenvalue weighted by atomic mass is 16.6. The summed E-state index contributed by atoms with van der Waals surface area (Å²) in [5.41, 5.74) is 4.14. The second kappa shape index (κ2) is 11.5. The van der Waals surface area contributed by atoms with E-state index in [-0.39, 0.29) is 5.91 Å². The third kappa shape index (κ3) is 6.14. The first-order valence-corrected chi connectivity index (χ1v) is 12.8. The van der Waals surface area contributed by atoms with Crippen LogP contribution in [0.1, 0.15) is 18.4 Å². The monoisotopic (exact) mass is 502 g/mol. The SMILES string of the molecule is COc1nc(-c2cccc3c2OCCO3)ccc1Nc1cccc(CC(=O)NCC2CCN(C)CC2)c1. The Balaban J connectivity index is 1.24. The molecule has 8 heteroatoms. The van der Waals surface area contributed by atoms with Crippen molar-refractivity contribution in [3.8, 4) is 28.6 Å². The van der Waals surface area contributed by atoms with Crippen LogP contribution in [0.25, 0.3) is 11.3 Å². The Morgan fingerprint density at radius 2 is 1.89 bits per heavy atom. The summed E-state index contributed by atoms with van der Waals surface area (Å²) in [6.45, 7) is 4.00. The number of rotatable bonds is 8. The Bertz CT molecular complexity index is 1240. The van der Waals surface area contributed by atoms with E-state index < -0.39 is 0 Å². The zero-order valence-corrected chi connectivity index (χ0v) is 21.5. The van der Waals surface area contributed by atoms with E-state index >= 15 is 0 Å². The third-order valence-corrected chi connectivity index (χ3v) is 6.89. The number of pyridine rings is 1. The topological polar surface area (TPSA) is 85.0 Å². The van der Waals surface area contributed by atoms with Gasteiger partial charge in [-0.05, 0) is 80.9 Å². The molecule has 1 amide bonds. The van der Waals surface area contributed by atoms with Gasteiger partial charge in [0.15, 0.2) is 11.5 Å². The maximum Gasteiger partial charge on any atom is 0.238 e. The molecule has 0 atom stereocenters. The van der Waals surface area contributed by atoms with Gasteiger partial charge in [0.25, 0.3) is 0 Å². The summed E-state index contributed by atoms with van der Waals surface area (Å²) in [7, 11) is 3.75. The number of anilines is 2. The van der Waals surface area contributed by atoms with Crippen LogP contribution < -0.4 is 24.8 Å². The molecule has 0 unspecified atom stereocenters. The van der Waals surface area contributed by atoms with Crippen molar-refractivity contribution < 1.29 is 19.0 Å². The zero-order valence-electron chi connectivity index (χ0n) is 21.5. The molecule has 1 saturated heterocycles. The molecule has 2 aliphatic rings. The van der Waals surface area contributed by atoms with E-state index in [0.717, 1.165) is 66.4 Å². The first-order valence-electron chi connectivity index (χ1n) is 12.8. The molecule has 194 valence electrons. The number of likely N-dealkylation sites (tertiary alicyclic amines) is 1. The first kappa shape index (κ1) is 24.9. The molecular formula is C29H34N4O4. The molecule has 1 aromatic heterocycles. The number of hydrogen-bond acceptors (Lipinski definition) is 7. The molecular weight excluding hydrogens is 468 g/mol. The van der Waals surface area contributed by atoms with Gasteiger partial charge in [0, 0.05) is 17.8 Å². The van der Waals surface area contributed by atoms with Crippen LogP contribution in [-0.4, -0.2) is 62.8 Å². The predicted octanol–water partition coefficient (Wildman–Crippen LogP) is 4.27. The van der Waals surface area contributed by atoms with Crippen LogP contribution >= 0.6 is 0 Å². The zero-order chi connectivity index (χ0) is 25.6. The van der Waals surface area contributed by atoms with E-state index in [1.807, 2.05) is 54.6 Å². The maximum atomic E-state index is 12.6. The molecule has 37 heavy (non-hydrogen) atoms. The Kier molecular flexibility index (Phi) is 7.75. The van der Waals surface area contributed by atoms with Crippen LogP contribution in [0.3, 0.4) is 0 Å². The van der Waals surface area contributed by atoms with Crippen molar-refractivity contribution in [2.24, 2.45) is 5.92 Å². The van der Waals surface area contributed by atoms with Crippen LogP contribution in [0.2, 0.25) is 0 Å². The number of nitrogens with zero attached hydrogens (tertiary/aromatic N) is 2. The lowest BCUT2D eigenvalue weighted by Gasteiger charge is -2.28. The number of hydrogen-bond donors (Lipinski definition) is 2. The molecule has 3 heterocycles. The van der Waals surface area contributed by atoms with Crippen molar-refractivity contribution in [2.45, 2.75) is 19.3 Å². The van der Waals surface area contributed by atoms with Gasteiger partial charge in [0.1, 0.15) is 18.9 Å². The van der Waals surface area contributed by atoms with Gasteiger partial charge in [-0.25, -0.2) is 4.98 Å². The standard InChI is InChI=1S/C29H34N4O4/c1-33-13-11-20(12-14-33)19-30-27(34)18-21-5-3-6-22(17-21)31-25-10-9-24(32-29(25)35-2)23-7-4-8-26-28(23)37-16-15-36-26/h3-10,17,20,31H,11-16,18-19H2,1-2H3,(H,30,34). The number of ether oxygens (including phenoxy) is 3. The van der Waals surface area contributed by atoms with Crippen molar-refractivity contribution in [1.82, 2.24) is 15.2 Å². The van der Waals surface area contributed by atoms with Crippen LogP contribution in [0, 0.1) is 5.92 Å². The Morgan fingerprint density at radius 3 is 2.73 bits per heavy atom. The lowest BCUT2D eigenvalue weighted by molar-refractivity contribution is -0.120. The summed E-state index contributed by atoms with van der Waals surface area (Å²) in [5, 5.41) is 6.51. The van der Waals surface area contributed by atoms with Crippen LogP contribution in [0.5, 0.6) is 17.4 Å². The van der Waals surface area contributed by atoms with Crippen molar-refractivity contribution in [3.63, 3.8) is 0 Å². The molecule has 1 fully saturated rings. The number of carbonyl (C=O) groups is 1. The number of para-hydroxylation sites is 1. The minimum atomic E-state index is 0.0528. The maximum absolute atomic E-state index is 12.6. The van der Waals surface area contributed by atoms with E-state index in [2.05, 4.69) is 22.6 Å². The molecule has 5 rings (SSSR count). The molecule has 0 spiro atoms. The summed E-state index contributed by atoms with van der Waals surface area (Å²) in [4.78, 5) is 19.6. The molecule has 0 radical (unpaired) electrons. The lowest BCUT2D eigenvalue weighted by atomic mass is 9.97. The van der Waals surface area contributed by atoms with Gasteiger partial charge in [-0.15, -0.1) is 0 Å². The molecule has 0 saturated carbocycles. The second-order valence-electron chi connectivity index (χ2n) is 9.64. The summed E-state index contributed by atoms with van der Waals surface area (Å²) < 4.78 is 17.2. The minimum absolute atomic E-state index is 0.0528. The predicted molar refractivity (Wildman–Crippen MR) is 144 cm³/mol. The number of amides is 1. The van der Waals surface area contributed by atoms with Gasteiger partial charge in [-0.3, -0.25) is 4.79 Å². The summed E-state index contributed by atoms with van der Waals surface area (Å²) in [5.74, 6) is 2.51. The molecule has 3 aromatic rings. The summed E-state index contributed by atoms with van der Waals surface area (Å²) in [6, 6.07) is 17.5. The number of nitrogens with one attached hydrogen (secondary N) is 2. The molecule has 0 aliphatic carbocycles. The van der Waals surface area contributed by atoms with Crippen molar-refractivity contribution in [3.05, 3.63) is 60.2 Å². The fraction of sp³-hybridized carbons (Fsp3) is 0.379. The number of piperidine rings is 1. The average Bonchev–Trinajstić information content (AvgIpc) is 2.93. The Morgan fingerprint density at radius 1 is 1.08 bits per heavy atom. The lowest BCUT2D eigenvalue weighted by Crippen LogP contribution is -2.37. The van der Waals surface area contributed by atoms with Crippen LogP contribution in [0.4, 0.5) is 11.4 Å². The highest BCUT2D eigenvalue weighted by Crippen LogP contribution is 2.40. The van der Waals surface area contributed by atoms with Crippen LogP contribution in [-0.2, 0) is 11.2 Å². The largest absolute Gasteiger partial charge is 0.486 e. The number of fused-ring (bicyclic) bond motifs is 1. The van der Waals surface area contributed by atoms with E-state index in [4.69, 9.17) is 19.2 Å². The van der Waals surface area contributed by atoms with Crippen molar-refractivity contribution >= 4 is 17.3 Å². The average molecular weight is 503 g/mol. The molecule has 8 nitrogen and oxygen atoms in total. The van der Waals surface area contributed by atoms with Gasteiger partial charge < -0.3 is 29.7 Å². The van der Waals surface area contributed by atoms with Gasteiger partial charge in [-0.1, -0.05) is 18.2 Å². The highest BCUT2D eigenvalue weighted by Gasteiger charge is 2.19. The molecule has 2 aliphatic heterocycles. The normalized spacial score (nSPS) is 15.7. The number of aromatic nitrogens is 1. The third-order valence-electron chi connectivity index (χ3n) is 6.89. The van der Waals surface area contributed by atoms with E-state index in [0.29, 0.717) is 37.2 Å². The van der Waals surface area contributed by atoms with Gasteiger partial charge >= 0.3 is 0 Å². The number of methoxy groups -OCH3 is 1. The number of benzene rings is 2. The van der Waals surface area contributed by atoms with Crippen LogP contribution in [0.15, 0.2) is 54.6 Å². The highest BCUT2D eigenvalue weighted by molar-refractivity contribution is 5.79. The van der Waals surface area contributed by atoms with E-state index in [9.17, 15) is 4.79 Å². The Labute approximate surface area is 217 Å². The molecule has 2 aromatic carbocycles. The summed E-state index contributed by atoms with van der Waals surface area (Å²) in [6.07, 6.45) is 2.62. The minimum Gasteiger partial charge on any atom is -0.486 e. The van der Waals surface area contributed by atoms with Gasteiger partial charge in [0.2, 0.25) is 11.8 Å². The molecule has 0 bridgehead atoms. The quantitative estimate of drug-likeness (QED) is 0.476. The fourth-order valence-electron chi connectivity index (χ4n) is 4.80. The molecule has 2 N–H and O–H groups in total. The summed E-state index contributed by atoms with van der Waals surface area (Å²) >= 11 is 0. The first-order chi connectivity index (χ1) is 18.1. The van der Waals surface area contributed by atoms with Gasteiger partial charge in [-0.2, -0.15) is 0 Å². The van der Waals surface area contributed by atoms with Gasteiger partial charge in [0.05, 0.1) is 19.2 Å². The second-order valence-corrected chi connectivity index (χ2v) is 9.64. The van der Waals surface area contributed by atoms with E-state index in [1.54, 1.807) is 7.11 Å². The Hall–Kier alpha value is -3.78. The number of carbonyl (C=O) groups excluding carboxylic acids is 1. The van der Waals surface area contributed by atoms with Crippen molar-refractivity contribution in [1.29, 1.82) is 0 Å². The van der Waals surface area contributed by atoms with Crippen molar-refractivity contribution in [2.75, 3.05) is 52.3 Å². The van der Waals surface area contributed by atoms with E-state index in [1.165, 1.54) is 0 Å². The smallest absolute Gasteiger partial charge is 0.238 e.